The first kappa shape index (κ1) is 10.6. The van der Waals surface area contributed by atoms with Gasteiger partial charge in [-0.25, -0.2) is 13.0 Å². The van der Waals surface area contributed by atoms with Crippen LogP contribution in [0.25, 0.3) is 0 Å². The maximum atomic E-state index is 12.8. The maximum absolute atomic E-state index is 12.8. The summed E-state index contributed by atoms with van der Waals surface area (Å²) < 4.78 is 44.2. The molecule has 0 amide bonds. The second-order valence-corrected chi connectivity index (χ2v) is 3.66. The van der Waals surface area contributed by atoms with E-state index in [-0.39, 0.29) is 10.6 Å². The molecule has 0 aliphatic rings. The van der Waals surface area contributed by atoms with Crippen LogP contribution in [0.3, 0.4) is 0 Å². The number of hydrogen-bond acceptors (Lipinski definition) is 1. The van der Waals surface area contributed by atoms with Gasteiger partial charge in [0.15, 0.2) is 11.1 Å². The van der Waals surface area contributed by atoms with Crippen molar-refractivity contribution in [2.24, 2.45) is 0 Å². The van der Waals surface area contributed by atoms with Gasteiger partial charge in [-0.3, -0.25) is 0 Å². The minimum atomic E-state index is -2.16. The Hall–Kier alpha value is -0.520. The first-order valence-electron chi connectivity index (χ1n) is 3.21. The fourth-order valence-corrected chi connectivity index (χ4v) is 1.48. The molecule has 1 unspecified atom stereocenters. The first-order valence-corrected chi connectivity index (χ1v) is 4.87. The molecule has 0 spiro atoms. The lowest BCUT2D eigenvalue weighted by Gasteiger charge is -2.01. The average molecular weight is 227 g/mol. The van der Waals surface area contributed by atoms with Gasteiger partial charge in [0, 0.05) is 11.6 Å². The van der Waals surface area contributed by atoms with Gasteiger partial charge in [-0.15, -0.1) is 0 Å². The SMILES string of the molecule is O=S(O)Cc1cc(Cl)c(F)cc1F. The Kier molecular flexibility index (Phi) is 3.35. The molecule has 0 aromatic heterocycles. The molecule has 0 bridgehead atoms. The Morgan fingerprint density at radius 2 is 2.00 bits per heavy atom. The lowest BCUT2D eigenvalue weighted by molar-refractivity contribution is 0.554. The lowest BCUT2D eigenvalue weighted by atomic mass is 10.2. The van der Waals surface area contributed by atoms with Crippen LogP contribution in [-0.4, -0.2) is 8.76 Å². The smallest absolute Gasteiger partial charge is 0.157 e. The molecule has 13 heavy (non-hydrogen) atoms. The minimum absolute atomic E-state index is 0.0766. The third-order valence-corrected chi connectivity index (χ3v) is 2.22. The van der Waals surface area contributed by atoms with Crippen molar-refractivity contribution in [1.29, 1.82) is 0 Å². The summed E-state index contributed by atoms with van der Waals surface area (Å²) in [6.07, 6.45) is 0. The average Bonchev–Trinajstić information content (AvgIpc) is 1.99. The molecule has 0 aliphatic carbocycles. The van der Waals surface area contributed by atoms with Crippen LogP contribution in [0.5, 0.6) is 0 Å². The van der Waals surface area contributed by atoms with E-state index in [0.717, 1.165) is 6.07 Å². The molecule has 1 N–H and O–H groups in total. The number of halogens is 3. The molecule has 2 nitrogen and oxygen atoms in total. The molecule has 0 heterocycles. The van der Waals surface area contributed by atoms with Gasteiger partial charge in [0.05, 0.1) is 10.8 Å². The predicted molar refractivity (Wildman–Crippen MR) is 45.8 cm³/mol. The first-order chi connectivity index (χ1) is 6.00. The van der Waals surface area contributed by atoms with E-state index in [2.05, 4.69) is 0 Å². The Balaban J connectivity index is 3.08. The van der Waals surface area contributed by atoms with E-state index in [1.54, 1.807) is 0 Å². The molecule has 1 rings (SSSR count). The lowest BCUT2D eigenvalue weighted by Crippen LogP contribution is -1.97. The van der Waals surface area contributed by atoms with E-state index in [1.165, 1.54) is 0 Å². The van der Waals surface area contributed by atoms with Crippen LogP contribution in [0, 0.1) is 11.6 Å². The van der Waals surface area contributed by atoms with Crippen molar-refractivity contribution < 1.29 is 17.5 Å². The van der Waals surface area contributed by atoms with E-state index in [4.69, 9.17) is 16.2 Å². The van der Waals surface area contributed by atoms with Crippen molar-refractivity contribution in [3.63, 3.8) is 0 Å². The van der Waals surface area contributed by atoms with Gasteiger partial charge in [-0.2, -0.15) is 0 Å². The summed E-state index contributed by atoms with van der Waals surface area (Å²) in [5.74, 6) is -2.15. The second kappa shape index (κ2) is 4.13. The highest BCUT2D eigenvalue weighted by molar-refractivity contribution is 7.78. The summed E-state index contributed by atoms with van der Waals surface area (Å²) in [7, 11) is 0. The topological polar surface area (TPSA) is 37.3 Å². The summed E-state index contributed by atoms with van der Waals surface area (Å²) in [5, 5.41) is -0.262. The van der Waals surface area contributed by atoms with Crippen LogP contribution in [0.4, 0.5) is 8.78 Å². The standard InChI is InChI=1S/C7H5ClF2O2S/c8-5-1-4(3-13(11)12)6(9)2-7(5)10/h1-2H,3H2,(H,11,12). The van der Waals surface area contributed by atoms with Crippen molar-refractivity contribution in [3.05, 3.63) is 34.4 Å². The molecule has 0 aliphatic heterocycles. The van der Waals surface area contributed by atoms with E-state index in [1.807, 2.05) is 0 Å². The Bertz CT molecular complexity index is 357. The van der Waals surface area contributed by atoms with Gasteiger partial charge in [0.2, 0.25) is 0 Å². The second-order valence-electron chi connectivity index (χ2n) is 2.32. The predicted octanol–water partition coefficient (Wildman–Crippen LogP) is 2.34. The third-order valence-electron chi connectivity index (χ3n) is 1.37. The largest absolute Gasteiger partial charge is 0.306 e. The zero-order chi connectivity index (χ0) is 10.0. The highest BCUT2D eigenvalue weighted by Crippen LogP contribution is 2.20. The normalized spacial score (nSPS) is 12.9. The quantitative estimate of drug-likeness (QED) is 0.621. The van der Waals surface area contributed by atoms with Crippen LogP contribution in [0.2, 0.25) is 5.02 Å². The van der Waals surface area contributed by atoms with E-state index in [0.29, 0.717) is 6.07 Å². The number of rotatable bonds is 2. The summed E-state index contributed by atoms with van der Waals surface area (Å²) in [4.78, 5) is 0. The fraction of sp³-hybridized carbons (Fsp3) is 0.143. The van der Waals surface area contributed by atoms with Crippen LogP contribution in [-0.2, 0) is 16.8 Å². The van der Waals surface area contributed by atoms with E-state index >= 15 is 0 Å². The molecule has 0 saturated carbocycles. The van der Waals surface area contributed by atoms with Gasteiger partial charge in [0.25, 0.3) is 0 Å². The molecule has 1 aromatic carbocycles. The molecule has 6 heteroatoms. The van der Waals surface area contributed by atoms with Gasteiger partial charge in [0.1, 0.15) is 11.6 Å². The molecular formula is C7H5ClF2O2S. The summed E-state index contributed by atoms with van der Waals surface area (Å²) in [6, 6.07) is 1.59. The molecular weight excluding hydrogens is 222 g/mol. The monoisotopic (exact) mass is 226 g/mol. The van der Waals surface area contributed by atoms with Crippen LogP contribution >= 0.6 is 11.6 Å². The molecule has 72 valence electrons. The van der Waals surface area contributed by atoms with E-state index < -0.39 is 28.5 Å². The van der Waals surface area contributed by atoms with Crippen LogP contribution < -0.4 is 0 Å². The van der Waals surface area contributed by atoms with Gasteiger partial charge < -0.3 is 4.55 Å². The zero-order valence-corrected chi connectivity index (χ0v) is 7.83. The summed E-state index contributed by atoms with van der Waals surface area (Å²) in [5.41, 5.74) is -0.0766. The Labute approximate surface area is 80.8 Å². The number of benzene rings is 1. The van der Waals surface area contributed by atoms with Crippen molar-refractivity contribution in [3.8, 4) is 0 Å². The van der Waals surface area contributed by atoms with Crippen LogP contribution in [0.15, 0.2) is 12.1 Å². The third kappa shape index (κ3) is 2.72. The summed E-state index contributed by atoms with van der Waals surface area (Å²) >= 11 is 3.18. The van der Waals surface area contributed by atoms with Gasteiger partial charge in [-0.05, 0) is 6.07 Å². The summed E-state index contributed by atoms with van der Waals surface area (Å²) in [6.45, 7) is 0. The van der Waals surface area contributed by atoms with Crippen molar-refractivity contribution in [2.45, 2.75) is 5.75 Å². The maximum Gasteiger partial charge on any atom is 0.157 e. The molecule has 0 fully saturated rings. The highest BCUT2D eigenvalue weighted by atomic mass is 35.5. The molecule has 0 saturated heterocycles. The Morgan fingerprint density at radius 1 is 1.38 bits per heavy atom. The van der Waals surface area contributed by atoms with Gasteiger partial charge in [-0.1, -0.05) is 11.6 Å². The Morgan fingerprint density at radius 3 is 2.54 bits per heavy atom. The number of hydrogen-bond donors (Lipinski definition) is 1. The highest BCUT2D eigenvalue weighted by Gasteiger charge is 2.09. The molecule has 1 atom stereocenters. The molecule has 1 aromatic rings. The molecule has 0 radical (unpaired) electrons. The van der Waals surface area contributed by atoms with E-state index in [9.17, 15) is 13.0 Å². The zero-order valence-electron chi connectivity index (χ0n) is 6.26. The van der Waals surface area contributed by atoms with Crippen LogP contribution in [0.1, 0.15) is 5.56 Å². The van der Waals surface area contributed by atoms with Gasteiger partial charge >= 0.3 is 0 Å². The minimum Gasteiger partial charge on any atom is -0.306 e. The fourth-order valence-electron chi connectivity index (χ4n) is 0.807. The van der Waals surface area contributed by atoms with Crippen molar-refractivity contribution in [1.82, 2.24) is 0 Å². The van der Waals surface area contributed by atoms with Crippen molar-refractivity contribution in [2.75, 3.05) is 0 Å². The van der Waals surface area contributed by atoms with Crippen molar-refractivity contribution >= 4 is 22.7 Å².